The molecule has 0 spiro atoms. The molecule has 5 heteroatoms. The Morgan fingerprint density at radius 3 is 2.89 bits per heavy atom. The van der Waals surface area contributed by atoms with Gasteiger partial charge in [0.2, 0.25) is 0 Å². The molecule has 106 valence electrons. The number of halogens is 2. The Balaban J connectivity index is 2.07. The highest BCUT2D eigenvalue weighted by Crippen LogP contribution is 2.19. The molecule has 1 aromatic carbocycles. The third-order valence-corrected chi connectivity index (χ3v) is 4.02. The molecule has 1 fully saturated rings. The zero-order valence-electron chi connectivity index (χ0n) is 11.3. The monoisotopic (exact) mass is 286 g/mol. The summed E-state index contributed by atoms with van der Waals surface area (Å²) in [6, 6.07) is 4.48. The summed E-state index contributed by atoms with van der Waals surface area (Å²) in [5.41, 5.74) is 0.474. The van der Waals surface area contributed by atoms with Crippen molar-refractivity contribution < 1.29 is 9.50 Å². The molecule has 1 N–H and O–H groups in total. The zero-order valence-corrected chi connectivity index (χ0v) is 12.1. The van der Waals surface area contributed by atoms with E-state index in [4.69, 9.17) is 11.6 Å². The van der Waals surface area contributed by atoms with Gasteiger partial charge < -0.3 is 10.0 Å². The van der Waals surface area contributed by atoms with Gasteiger partial charge in [0.25, 0.3) is 0 Å². The van der Waals surface area contributed by atoms with Gasteiger partial charge in [-0.2, -0.15) is 0 Å². The van der Waals surface area contributed by atoms with Crippen molar-refractivity contribution in [1.29, 1.82) is 0 Å². The Morgan fingerprint density at radius 2 is 2.16 bits per heavy atom. The molecule has 2 rings (SSSR count). The third-order valence-electron chi connectivity index (χ3n) is 3.78. The van der Waals surface area contributed by atoms with E-state index in [2.05, 4.69) is 9.80 Å². The van der Waals surface area contributed by atoms with Crippen LogP contribution in [0.25, 0.3) is 0 Å². The van der Waals surface area contributed by atoms with Crippen LogP contribution in [0.2, 0.25) is 5.02 Å². The van der Waals surface area contributed by atoms with Crippen molar-refractivity contribution in [2.24, 2.45) is 0 Å². The van der Waals surface area contributed by atoms with Crippen LogP contribution in [-0.2, 0) is 6.42 Å². The number of piperazine rings is 1. The molecule has 0 radical (unpaired) electrons. The van der Waals surface area contributed by atoms with Crippen molar-refractivity contribution in [2.45, 2.75) is 18.6 Å². The molecule has 0 amide bonds. The molecular weight excluding hydrogens is 267 g/mol. The molecule has 1 aromatic rings. The second-order valence-electron chi connectivity index (χ2n) is 5.32. The number of hydrogen-bond donors (Lipinski definition) is 1. The van der Waals surface area contributed by atoms with E-state index in [1.165, 1.54) is 12.1 Å². The lowest BCUT2D eigenvalue weighted by molar-refractivity contribution is 0.0149. The highest BCUT2D eigenvalue weighted by Gasteiger charge is 2.29. The lowest BCUT2D eigenvalue weighted by atomic mass is 9.99. The first kappa shape index (κ1) is 14.7. The van der Waals surface area contributed by atoms with E-state index in [0.29, 0.717) is 10.6 Å². The number of aliphatic hydroxyl groups is 1. The summed E-state index contributed by atoms with van der Waals surface area (Å²) in [5.74, 6) is -0.310. The summed E-state index contributed by atoms with van der Waals surface area (Å²) in [5, 5.41) is 10.9. The predicted octanol–water partition coefficient (Wildman–Crippen LogP) is 1.63. The number of benzene rings is 1. The van der Waals surface area contributed by atoms with Crippen LogP contribution in [0.15, 0.2) is 18.2 Å². The molecule has 2 unspecified atom stereocenters. The Bertz CT molecular complexity index is 443. The molecule has 2 atom stereocenters. The minimum atomic E-state index is -0.597. The molecule has 3 nitrogen and oxygen atoms in total. The molecular formula is C14H20ClFN2O. The fourth-order valence-corrected chi connectivity index (χ4v) is 2.72. The molecule has 0 bridgehead atoms. The fourth-order valence-electron chi connectivity index (χ4n) is 2.52. The number of likely N-dealkylation sites (N-methyl/N-ethyl adjacent to an activating group) is 2. The Morgan fingerprint density at radius 1 is 1.42 bits per heavy atom. The fraction of sp³-hybridized carbons (Fsp3) is 0.571. The van der Waals surface area contributed by atoms with Crippen molar-refractivity contribution >= 4 is 11.6 Å². The Hall–Kier alpha value is -0.680. The van der Waals surface area contributed by atoms with Crippen LogP contribution in [0.4, 0.5) is 4.39 Å². The van der Waals surface area contributed by atoms with Gasteiger partial charge in [0, 0.05) is 37.1 Å². The second kappa shape index (κ2) is 6.18. The molecule has 0 aliphatic carbocycles. The topological polar surface area (TPSA) is 26.7 Å². The van der Waals surface area contributed by atoms with Gasteiger partial charge in [0.15, 0.2) is 0 Å². The van der Waals surface area contributed by atoms with Crippen LogP contribution < -0.4 is 0 Å². The van der Waals surface area contributed by atoms with Crippen LogP contribution in [0.5, 0.6) is 0 Å². The normalized spacial score (nSPS) is 23.5. The summed E-state index contributed by atoms with van der Waals surface area (Å²) in [7, 11) is 4.03. The molecule has 0 saturated carbocycles. The summed E-state index contributed by atoms with van der Waals surface area (Å²) in [6.07, 6.45) is -0.310. The largest absolute Gasteiger partial charge is 0.391 e. The number of aliphatic hydroxyl groups excluding tert-OH is 1. The van der Waals surface area contributed by atoms with E-state index in [1.54, 1.807) is 6.07 Å². The molecule has 1 heterocycles. The molecule has 19 heavy (non-hydrogen) atoms. The standard InChI is InChI=1S/C14H20ClFN2O/c1-17-5-6-18(2)13(9-17)14(19)8-10-7-11(15)3-4-12(10)16/h3-4,7,13-14,19H,5-6,8-9H2,1-2H3. The zero-order chi connectivity index (χ0) is 14.0. The lowest BCUT2D eigenvalue weighted by Gasteiger charge is -2.40. The average Bonchev–Trinajstić information content (AvgIpc) is 2.36. The van der Waals surface area contributed by atoms with Crippen LogP contribution in [0.1, 0.15) is 5.56 Å². The van der Waals surface area contributed by atoms with E-state index in [0.717, 1.165) is 19.6 Å². The maximum absolute atomic E-state index is 13.7. The number of rotatable bonds is 3. The third kappa shape index (κ3) is 3.66. The van der Waals surface area contributed by atoms with E-state index in [1.807, 2.05) is 14.1 Å². The van der Waals surface area contributed by atoms with E-state index >= 15 is 0 Å². The van der Waals surface area contributed by atoms with Gasteiger partial charge in [-0.25, -0.2) is 4.39 Å². The van der Waals surface area contributed by atoms with Crippen LogP contribution in [0.3, 0.4) is 0 Å². The minimum absolute atomic E-state index is 0.0251. The summed E-state index contributed by atoms with van der Waals surface area (Å²) in [4.78, 5) is 4.31. The minimum Gasteiger partial charge on any atom is -0.391 e. The van der Waals surface area contributed by atoms with Crippen molar-refractivity contribution in [3.8, 4) is 0 Å². The Labute approximate surface area is 118 Å². The summed E-state index contributed by atoms with van der Waals surface area (Å²) >= 11 is 5.87. The van der Waals surface area contributed by atoms with Crippen molar-refractivity contribution in [2.75, 3.05) is 33.7 Å². The number of hydrogen-bond acceptors (Lipinski definition) is 3. The van der Waals surface area contributed by atoms with Crippen LogP contribution in [0, 0.1) is 5.82 Å². The van der Waals surface area contributed by atoms with Crippen LogP contribution >= 0.6 is 11.6 Å². The van der Waals surface area contributed by atoms with Gasteiger partial charge in [-0.3, -0.25) is 4.90 Å². The van der Waals surface area contributed by atoms with Gasteiger partial charge in [-0.1, -0.05) is 11.6 Å². The first-order valence-electron chi connectivity index (χ1n) is 6.48. The predicted molar refractivity (Wildman–Crippen MR) is 75.0 cm³/mol. The molecule has 0 aromatic heterocycles. The first-order chi connectivity index (χ1) is 8.97. The van der Waals surface area contributed by atoms with Gasteiger partial charge in [-0.05, 0) is 37.9 Å². The van der Waals surface area contributed by atoms with Crippen molar-refractivity contribution in [3.63, 3.8) is 0 Å². The Kier molecular flexibility index (Phi) is 4.79. The maximum atomic E-state index is 13.7. The van der Waals surface area contributed by atoms with Gasteiger partial charge in [0.05, 0.1) is 6.10 Å². The van der Waals surface area contributed by atoms with E-state index in [9.17, 15) is 9.50 Å². The maximum Gasteiger partial charge on any atom is 0.126 e. The van der Waals surface area contributed by atoms with Gasteiger partial charge >= 0.3 is 0 Å². The highest BCUT2D eigenvalue weighted by molar-refractivity contribution is 6.30. The van der Waals surface area contributed by atoms with Crippen molar-refractivity contribution in [1.82, 2.24) is 9.80 Å². The SMILES string of the molecule is CN1CCN(C)C(C(O)Cc2cc(Cl)ccc2F)C1. The second-order valence-corrected chi connectivity index (χ2v) is 5.75. The van der Waals surface area contributed by atoms with Crippen LogP contribution in [-0.4, -0.2) is 60.8 Å². The van der Waals surface area contributed by atoms with Gasteiger partial charge in [0.1, 0.15) is 5.82 Å². The molecule has 1 saturated heterocycles. The number of nitrogens with zero attached hydrogens (tertiary/aromatic N) is 2. The quantitative estimate of drug-likeness (QED) is 0.915. The summed E-state index contributed by atoms with van der Waals surface area (Å²) in [6.45, 7) is 2.70. The van der Waals surface area contributed by atoms with Gasteiger partial charge in [-0.15, -0.1) is 0 Å². The van der Waals surface area contributed by atoms with E-state index < -0.39 is 6.10 Å². The molecule has 1 aliphatic heterocycles. The van der Waals surface area contributed by atoms with Crippen molar-refractivity contribution in [3.05, 3.63) is 34.6 Å². The average molecular weight is 287 g/mol. The smallest absolute Gasteiger partial charge is 0.126 e. The lowest BCUT2D eigenvalue weighted by Crippen LogP contribution is -2.55. The molecule has 1 aliphatic rings. The first-order valence-corrected chi connectivity index (χ1v) is 6.86. The highest BCUT2D eigenvalue weighted by atomic mass is 35.5. The van der Waals surface area contributed by atoms with E-state index in [-0.39, 0.29) is 18.3 Å². The summed E-state index contributed by atoms with van der Waals surface area (Å²) < 4.78 is 13.7.